The molecular formula is C21H22N2O4S. The fourth-order valence-electron chi connectivity index (χ4n) is 3.07. The zero-order chi connectivity index (χ0) is 20.3. The predicted molar refractivity (Wildman–Crippen MR) is 108 cm³/mol. The van der Waals surface area contributed by atoms with Crippen LogP contribution in [-0.4, -0.2) is 38.9 Å². The SMILES string of the molecule is COC(=O)C1=C(N)CN(S(=O)(=O)c2ccc(C)cc2)CC=C1c1ccccc1. The summed E-state index contributed by atoms with van der Waals surface area (Å²) < 4.78 is 32.3. The second-order valence-electron chi connectivity index (χ2n) is 6.49. The number of methoxy groups -OCH3 is 1. The molecule has 1 aliphatic heterocycles. The van der Waals surface area contributed by atoms with Gasteiger partial charge in [-0.05, 0) is 30.2 Å². The van der Waals surface area contributed by atoms with Crippen molar-refractivity contribution in [3.8, 4) is 0 Å². The molecule has 0 aromatic heterocycles. The predicted octanol–water partition coefficient (Wildman–Crippen LogP) is 2.47. The molecule has 0 amide bonds. The number of carbonyl (C=O) groups excluding carboxylic acids is 1. The average Bonchev–Trinajstić information content (AvgIpc) is 2.88. The molecule has 0 fully saturated rings. The van der Waals surface area contributed by atoms with Gasteiger partial charge in [0, 0.05) is 12.2 Å². The van der Waals surface area contributed by atoms with Crippen molar-refractivity contribution in [3.05, 3.63) is 83.1 Å². The van der Waals surface area contributed by atoms with Crippen molar-refractivity contribution in [3.63, 3.8) is 0 Å². The van der Waals surface area contributed by atoms with Crippen molar-refractivity contribution < 1.29 is 17.9 Å². The fraction of sp³-hybridized carbons (Fsp3) is 0.190. The van der Waals surface area contributed by atoms with E-state index in [0.717, 1.165) is 11.1 Å². The summed E-state index contributed by atoms with van der Waals surface area (Å²) in [5.41, 5.74) is 8.83. The number of nitrogens with two attached hydrogens (primary N) is 1. The molecule has 1 heterocycles. The maximum absolute atomic E-state index is 13.1. The minimum absolute atomic E-state index is 0.0850. The number of aryl methyl sites for hydroxylation is 1. The summed E-state index contributed by atoms with van der Waals surface area (Å²) >= 11 is 0. The van der Waals surface area contributed by atoms with Crippen LogP contribution in [0.1, 0.15) is 11.1 Å². The van der Waals surface area contributed by atoms with Crippen LogP contribution < -0.4 is 5.73 Å². The number of ether oxygens (including phenoxy) is 1. The van der Waals surface area contributed by atoms with Gasteiger partial charge in [-0.3, -0.25) is 0 Å². The molecule has 2 aromatic rings. The summed E-state index contributed by atoms with van der Waals surface area (Å²) in [4.78, 5) is 12.6. The van der Waals surface area contributed by atoms with E-state index in [4.69, 9.17) is 10.5 Å². The van der Waals surface area contributed by atoms with Crippen LogP contribution in [0.15, 0.2) is 76.8 Å². The van der Waals surface area contributed by atoms with Gasteiger partial charge < -0.3 is 10.5 Å². The first kappa shape index (κ1) is 19.9. The third-order valence-corrected chi connectivity index (χ3v) is 6.40. The summed E-state index contributed by atoms with van der Waals surface area (Å²) in [6, 6.07) is 15.8. The first-order valence-electron chi connectivity index (χ1n) is 8.74. The Morgan fingerprint density at radius 3 is 2.32 bits per heavy atom. The zero-order valence-electron chi connectivity index (χ0n) is 15.8. The maximum Gasteiger partial charge on any atom is 0.340 e. The molecule has 0 unspecified atom stereocenters. The quantitative estimate of drug-likeness (QED) is 0.799. The highest BCUT2D eigenvalue weighted by Crippen LogP contribution is 2.29. The Kier molecular flexibility index (Phi) is 5.67. The van der Waals surface area contributed by atoms with E-state index in [1.165, 1.54) is 11.4 Å². The lowest BCUT2D eigenvalue weighted by Crippen LogP contribution is -2.34. The summed E-state index contributed by atoms with van der Waals surface area (Å²) in [5, 5.41) is 0. The Hall–Kier alpha value is -2.90. The summed E-state index contributed by atoms with van der Waals surface area (Å²) in [5.74, 6) is -0.595. The Labute approximate surface area is 165 Å². The molecule has 2 aromatic carbocycles. The standard InChI is InChI=1S/C21H22N2O4S/c1-15-8-10-17(11-9-15)28(25,26)23-13-12-18(16-6-4-3-5-7-16)20(19(22)14-23)21(24)27-2/h3-12H,13-14,22H2,1-2H3. The molecule has 2 N–H and O–H groups in total. The number of hydrogen-bond acceptors (Lipinski definition) is 5. The monoisotopic (exact) mass is 398 g/mol. The Morgan fingerprint density at radius 2 is 1.71 bits per heavy atom. The smallest absolute Gasteiger partial charge is 0.340 e. The maximum atomic E-state index is 13.1. The Bertz CT molecular complexity index is 1040. The lowest BCUT2D eigenvalue weighted by molar-refractivity contribution is -0.135. The van der Waals surface area contributed by atoms with Gasteiger partial charge in [0.25, 0.3) is 0 Å². The van der Waals surface area contributed by atoms with Gasteiger partial charge in [0.2, 0.25) is 10.0 Å². The third-order valence-electron chi connectivity index (χ3n) is 4.57. The number of sulfonamides is 1. The third kappa shape index (κ3) is 3.85. The molecule has 3 rings (SSSR count). The second-order valence-corrected chi connectivity index (χ2v) is 8.42. The molecule has 1 aliphatic rings. The lowest BCUT2D eigenvalue weighted by Gasteiger charge is -2.20. The number of carbonyl (C=O) groups is 1. The lowest BCUT2D eigenvalue weighted by atomic mass is 9.96. The highest BCUT2D eigenvalue weighted by Gasteiger charge is 2.30. The molecule has 28 heavy (non-hydrogen) atoms. The van der Waals surface area contributed by atoms with E-state index in [2.05, 4.69) is 0 Å². The molecule has 7 heteroatoms. The molecule has 0 spiro atoms. The molecule has 0 radical (unpaired) electrons. The number of esters is 1. The van der Waals surface area contributed by atoms with Crippen LogP contribution in [0, 0.1) is 6.92 Å². The van der Waals surface area contributed by atoms with Crippen molar-refractivity contribution >= 4 is 21.6 Å². The second kappa shape index (κ2) is 8.00. The van der Waals surface area contributed by atoms with Crippen LogP contribution in [0.3, 0.4) is 0 Å². The van der Waals surface area contributed by atoms with E-state index in [1.807, 2.05) is 37.3 Å². The highest BCUT2D eigenvalue weighted by molar-refractivity contribution is 7.89. The summed E-state index contributed by atoms with van der Waals surface area (Å²) in [6.07, 6.45) is 1.70. The normalized spacial score (nSPS) is 15.7. The molecular weight excluding hydrogens is 376 g/mol. The molecule has 146 valence electrons. The first-order chi connectivity index (χ1) is 13.3. The van der Waals surface area contributed by atoms with E-state index in [9.17, 15) is 13.2 Å². The van der Waals surface area contributed by atoms with Crippen molar-refractivity contribution in [2.24, 2.45) is 5.73 Å². The van der Waals surface area contributed by atoms with Gasteiger partial charge in [-0.1, -0.05) is 54.1 Å². The van der Waals surface area contributed by atoms with Crippen LogP contribution in [0.2, 0.25) is 0 Å². The van der Waals surface area contributed by atoms with Gasteiger partial charge >= 0.3 is 5.97 Å². The van der Waals surface area contributed by atoms with E-state index in [0.29, 0.717) is 5.57 Å². The van der Waals surface area contributed by atoms with Gasteiger partial charge in [-0.25, -0.2) is 13.2 Å². The molecule has 0 bridgehead atoms. The van der Waals surface area contributed by atoms with E-state index in [1.54, 1.807) is 30.3 Å². The number of rotatable bonds is 4. The molecule has 6 nitrogen and oxygen atoms in total. The number of nitrogens with zero attached hydrogens (tertiary/aromatic N) is 1. The van der Waals surface area contributed by atoms with E-state index >= 15 is 0 Å². The highest BCUT2D eigenvalue weighted by atomic mass is 32.2. The topological polar surface area (TPSA) is 89.7 Å². The number of hydrogen-bond donors (Lipinski definition) is 1. The van der Waals surface area contributed by atoms with Gasteiger partial charge in [0.15, 0.2) is 0 Å². The number of benzene rings is 2. The Morgan fingerprint density at radius 1 is 1.07 bits per heavy atom. The Balaban J connectivity index is 2.08. The van der Waals surface area contributed by atoms with Crippen LogP contribution in [0.25, 0.3) is 5.57 Å². The van der Waals surface area contributed by atoms with Crippen molar-refractivity contribution in [1.82, 2.24) is 4.31 Å². The largest absolute Gasteiger partial charge is 0.465 e. The molecule has 0 atom stereocenters. The molecule has 0 saturated carbocycles. The van der Waals surface area contributed by atoms with E-state index < -0.39 is 16.0 Å². The van der Waals surface area contributed by atoms with Crippen LogP contribution >= 0.6 is 0 Å². The van der Waals surface area contributed by atoms with Crippen LogP contribution in [-0.2, 0) is 19.6 Å². The van der Waals surface area contributed by atoms with Crippen molar-refractivity contribution in [2.45, 2.75) is 11.8 Å². The average molecular weight is 398 g/mol. The summed E-state index contributed by atoms with van der Waals surface area (Å²) in [6.45, 7) is 1.87. The van der Waals surface area contributed by atoms with Crippen LogP contribution in [0.4, 0.5) is 0 Å². The fourth-order valence-corrected chi connectivity index (χ4v) is 4.43. The molecule has 0 aliphatic carbocycles. The summed E-state index contributed by atoms with van der Waals surface area (Å²) in [7, 11) is -2.50. The van der Waals surface area contributed by atoms with Gasteiger partial charge in [0.05, 0.1) is 24.1 Å². The first-order valence-corrected chi connectivity index (χ1v) is 10.2. The van der Waals surface area contributed by atoms with Gasteiger partial charge in [-0.2, -0.15) is 4.31 Å². The minimum atomic E-state index is -3.77. The van der Waals surface area contributed by atoms with Crippen molar-refractivity contribution in [2.75, 3.05) is 20.2 Å². The van der Waals surface area contributed by atoms with Crippen LogP contribution in [0.5, 0.6) is 0 Å². The van der Waals surface area contributed by atoms with E-state index in [-0.39, 0.29) is 29.3 Å². The van der Waals surface area contributed by atoms with Crippen molar-refractivity contribution in [1.29, 1.82) is 0 Å². The zero-order valence-corrected chi connectivity index (χ0v) is 16.6. The molecule has 0 saturated heterocycles. The van der Waals surface area contributed by atoms with Gasteiger partial charge in [0.1, 0.15) is 0 Å². The minimum Gasteiger partial charge on any atom is -0.465 e. The van der Waals surface area contributed by atoms with Gasteiger partial charge in [-0.15, -0.1) is 0 Å².